The van der Waals surface area contributed by atoms with E-state index in [4.69, 9.17) is 9.84 Å². The fourth-order valence-corrected chi connectivity index (χ4v) is 0.970. The molecule has 0 saturated heterocycles. The van der Waals surface area contributed by atoms with Gasteiger partial charge >= 0.3 is 5.97 Å². The molecule has 1 unspecified atom stereocenters. The van der Waals surface area contributed by atoms with Crippen molar-refractivity contribution in [2.45, 2.75) is 25.8 Å². The zero-order valence-electron chi connectivity index (χ0n) is 6.41. The Balaban J connectivity index is 2.39. The number of nitrogens with zero attached hydrogens (tertiary/aromatic N) is 1. The normalized spacial score (nSPS) is 22.6. The van der Waals surface area contributed by atoms with Gasteiger partial charge in [0.05, 0.1) is 12.5 Å². The third-order valence-electron chi connectivity index (χ3n) is 1.48. The summed E-state index contributed by atoms with van der Waals surface area (Å²) in [5.41, 5.74) is 0. The molecule has 0 spiro atoms. The zero-order chi connectivity index (χ0) is 8.27. The molecule has 4 heteroatoms. The molecule has 1 heterocycles. The maximum atomic E-state index is 10.2. The van der Waals surface area contributed by atoms with Crippen LogP contribution < -0.4 is 0 Å². The molecule has 0 amide bonds. The Morgan fingerprint density at radius 3 is 3.09 bits per heavy atom. The maximum absolute atomic E-state index is 10.2. The summed E-state index contributed by atoms with van der Waals surface area (Å²) in [5.74, 6) is -0.143. The summed E-state index contributed by atoms with van der Waals surface area (Å²) in [4.78, 5) is 14.3. The summed E-state index contributed by atoms with van der Waals surface area (Å²) >= 11 is 0. The molecule has 1 atom stereocenters. The smallest absolute Gasteiger partial charge is 0.305 e. The highest BCUT2D eigenvalue weighted by Gasteiger charge is 2.19. The average molecular weight is 157 g/mol. The molecule has 0 aromatic carbocycles. The summed E-state index contributed by atoms with van der Waals surface area (Å²) < 4.78 is 5.10. The van der Waals surface area contributed by atoms with E-state index in [-0.39, 0.29) is 12.5 Å². The monoisotopic (exact) mass is 157 g/mol. The van der Waals surface area contributed by atoms with Crippen molar-refractivity contribution in [3.8, 4) is 0 Å². The number of aliphatic imine (C=N–C) groups is 1. The molecular weight excluding hydrogens is 146 g/mol. The molecule has 0 aliphatic carbocycles. The largest absolute Gasteiger partial charge is 0.481 e. The predicted octanol–water partition coefficient (Wildman–Crippen LogP) is 0.668. The zero-order valence-corrected chi connectivity index (χ0v) is 6.41. The number of ether oxygens (including phenoxy) is 1. The fraction of sp³-hybridized carbons (Fsp3) is 0.714. The van der Waals surface area contributed by atoms with E-state index < -0.39 is 5.97 Å². The molecule has 0 saturated carbocycles. The first-order chi connectivity index (χ1) is 5.22. The molecule has 1 aliphatic rings. The SMILES string of the molecule is CCC1=NC(CC(=O)O)CO1. The minimum Gasteiger partial charge on any atom is -0.481 e. The Hall–Kier alpha value is -1.06. The van der Waals surface area contributed by atoms with Gasteiger partial charge in [-0.25, -0.2) is 4.99 Å². The van der Waals surface area contributed by atoms with Crippen LogP contribution in [0.4, 0.5) is 0 Å². The van der Waals surface area contributed by atoms with E-state index in [1.54, 1.807) is 0 Å². The molecular formula is C7H11NO3. The molecule has 0 bridgehead atoms. The second-order valence-electron chi connectivity index (χ2n) is 2.44. The van der Waals surface area contributed by atoms with Gasteiger partial charge in [0.15, 0.2) is 5.90 Å². The molecule has 0 aromatic rings. The fourth-order valence-electron chi connectivity index (χ4n) is 0.970. The van der Waals surface area contributed by atoms with Crippen molar-refractivity contribution in [2.24, 2.45) is 4.99 Å². The number of rotatable bonds is 3. The van der Waals surface area contributed by atoms with E-state index in [1.807, 2.05) is 6.92 Å². The topological polar surface area (TPSA) is 58.9 Å². The van der Waals surface area contributed by atoms with Crippen molar-refractivity contribution < 1.29 is 14.6 Å². The highest BCUT2D eigenvalue weighted by atomic mass is 16.5. The summed E-state index contributed by atoms with van der Waals surface area (Å²) in [5, 5.41) is 8.41. The number of carboxylic acids is 1. The maximum Gasteiger partial charge on any atom is 0.305 e. The van der Waals surface area contributed by atoms with Crippen molar-refractivity contribution in [1.82, 2.24) is 0 Å². The van der Waals surface area contributed by atoms with Gasteiger partial charge in [-0.2, -0.15) is 0 Å². The molecule has 0 fully saturated rings. The third kappa shape index (κ3) is 2.22. The van der Waals surface area contributed by atoms with Gasteiger partial charge in [-0.3, -0.25) is 4.79 Å². The van der Waals surface area contributed by atoms with Crippen LogP contribution in [-0.2, 0) is 9.53 Å². The lowest BCUT2D eigenvalue weighted by atomic mass is 10.2. The number of carbonyl (C=O) groups is 1. The van der Waals surface area contributed by atoms with E-state index >= 15 is 0 Å². The third-order valence-corrected chi connectivity index (χ3v) is 1.48. The Morgan fingerprint density at radius 2 is 2.64 bits per heavy atom. The van der Waals surface area contributed by atoms with Gasteiger partial charge in [-0.15, -0.1) is 0 Å². The van der Waals surface area contributed by atoms with E-state index in [0.29, 0.717) is 12.5 Å². The Kier molecular flexibility index (Phi) is 2.46. The number of hydrogen-bond donors (Lipinski definition) is 1. The number of hydrogen-bond acceptors (Lipinski definition) is 3. The first-order valence-corrected chi connectivity index (χ1v) is 3.63. The standard InChI is InChI=1S/C7H11NO3/c1-2-6-8-5(4-11-6)3-7(9)10/h5H,2-4H2,1H3,(H,9,10). The Morgan fingerprint density at radius 1 is 1.91 bits per heavy atom. The van der Waals surface area contributed by atoms with Gasteiger partial charge in [0.1, 0.15) is 6.61 Å². The van der Waals surface area contributed by atoms with Gasteiger partial charge in [0, 0.05) is 6.42 Å². The summed E-state index contributed by atoms with van der Waals surface area (Å²) in [6.07, 6.45) is 0.819. The Bertz CT molecular complexity index is 188. The van der Waals surface area contributed by atoms with E-state index in [9.17, 15) is 4.79 Å². The van der Waals surface area contributed by atoms with Crippen LogP contribution in [0.3, 0.4) is 0 Å². The lowest BCUT2D eigenvalue weighted by Gasteiger charge is -1.98. The lowest BCUT2D eigenvalue weighted by molar-refractivity contribution is -0.137. The van der Waals surface area contributed by atoms with Crippen LogP contribution in [0.15, 0.2) is 4.99 Å². The van der Waals surface area contributed by atoms with Crippen LogP contribution in [0, 0.1) is 0 Å². The first kappa shape index (κ1) is 8.04. The van der Waals surface area contributed by atoms with Gasteiger partial charge in [-0.05, 0) is 0 Å². The van der Waals surface area contributed by atoms with Crippen LogP contribution >= 0.6 is 0 Å². The summed E-state index contributed by atoms with van der Waals surface area (Å²) in [7, 11) is 0. The molecule has 0 radical (unpaired) electrons. The number of aliphatic carboxylic acids is 1. The molecule has 62 valence electrons. The second-order valence-corrected chi connectivity index (χ2v) is 2.44. The quantitative estimate of drug-likeness (QED) is 0.655. The molecule has 1 rings (SSSR count). The van der Waals surface area contributed by atoms with Gasteiger partial charge in [0.25, 0.3) is 0 Å². The number of carboxylic acid groups (broad SMARTS) is 1. The molecule has 0 aromatic heterocycles. The highest BCUT2D eigenvalue weighted by molar-refractivity contribution is 5.78. The second kappa shape index (κ2) is 3.37. The van der Waals surface area contributed by atoms with Crippen LogP contribution in [0.25, 0.3) is 0 Å². The molecule has 1 aliphatic heterocycles. The summed E-state index contributed by atoms with van der Waals surface area (Å²) in [6, 6.07) is -0.164. The predicted molar refractivity (Wildman–Crippen MR) is 39.7 cm³/mol. The molecule has 4 nitrogen and oxygen atoms in total. The van der Waals surface area contributed by atoms with Crippen LogP contribution in [0.2, 0.25) is 0 Å². The van der Waals surface area contributed by atoms with E-state index in [2.05, 4.69) is 4.99 Å². The Labute approximate surface area is 64.9 Å². The minimum absolute atomic E-state index is 0.0729. The van der Waals surface area contributed by atoms with Gasteiger partial charge in [0.2, 0.25) is 0 Å². The van der Waals surface area contributed by atoms with Crippen molar-refractivity contribution in [3.05, 3.63) is 0 Å². The molecule has 1 N–H and O–H groups in total. The lowest BCUT2D eigenvalue weighted by Crippen LogP contribution is -2.12. The van der Waals surface area contributed by atoms with E-state index in [1.165, 1.54) is 0 Å². The van der Waals surface area contributed by atoms with Crippen molar-refractivity contribution in [1.29, 1.82) is 0 Å². The van der Waals surface area contributed by atoms with Gasteiger partial charge in [-0.1, -0.05) is 6.92 Å². The van der Waals surface area contributed by atoms with E-state index in [0.717, 1.165) is 6.42 Å². The van der Waals surface area contributed by atoms with Crippen LogP contribution in [0.5, 0.6) is 0 Å². The van der Waals surface area contributed by atoms with Crippen molar-refractivity contribution >= 4 is 11.9 Å². The highest BCUT2D eigenvalue weighted by Crippen LogP contribution is 2.09. The van der Waals surface area contributed by atoms with Crippen LogP contribution in [-0.4, -0.2) is 29.6 Å². The van der Waals surface area contributed by atoms with Crippen LogP contribution in [0.1, 0.15) is 19.8 Å². The molecule has 11 heavy (non-hydrogen) atoms. The van der Waals surface area contributed by atoms with Gasteiger partial charge < -0.3 is 9.84 Å². The summed E-state index contributed by atoms with van der Waals surface area (Å²) in [6.45, 7) is 2.36. The first-order valence-electron chi connectivity index (χ1n) is 3.63. The average Bonchev–Trinajstić information content (AvgIpc) is 2.34. The minimum atomic E-state index is -0.820. The van der Waals surface area contributed by atoms with Crippen molar-refractivity contribution in [2.75, 3.05) is 6.61 Å². The van der Waals surface area contributed by atoms with Crippen molar-refractivity contribution in [3.63, 3.8) is 0 Å².